The normalized spacial score (nSPS) is 10.2. The number of hydrogen-bond acceptors (Lipinski definition) is 6. The first kappa shape index (κ1) is 14.8. The van der Waals surface area contributed by atoms with Crippen LogP contribution in [0.5, 0.6) is 23.1 Å². The minimum Gasteiger partial charge on any atom is -0.493 e. The molecular formula is C17H15N3O3. The van der Waals surface area contributed by atoms with Crippen LogP contribution < -0.4 is 14.2 Å². The highest BCUT2D eigenvalue weighted by Crippen LogP contribution is 2.35. The van der Waals surface area contributed by atoms with Crippen molar-refractivity contribution in [3.05, 3.63) is 55.0 Å². The number of nitrogens with zero attached hydrogens (tertiary/aromatic N) is 3. The lowest BCUT2D eigenvalue weighted by atomic mass is 10.2. The molecule has 1 aromatic carbocycles. The van der Waals surface area contributed by atoms with Crippen LogP contribution in [0.1, 0.15) is 0 Å². The van der Waals surface area contributed by atoms with E-state index >= 15 is 0 Å². The van der Waals surface area contributed by atoms with Crippen LogP contribution in [0.4, 0.5) is 0 Å². The molecule has 0 saturated heterocycles. The highest BCUT2D eigenvalue weighted by Gasteiger charge is 2.13. The average molecular weight is 309 g/mol. The van der Waals surface area contributed by atoms with Gasteiger partial charge in [0.1, 0.15) is 0 Å². The van der Waals surface area contributed by atoms with Crippen LogP contribution in [0.3, 0.4) is 0 Å². The van der Waals surface area contributed by atoms with E-state index in [9.17, 15) is 0 Å². The fourth-order valence-electron chi connectivity index (χ4n) is 2.03. The molecule has 6 heteroatoms. The number of methoxy groups -OCH3 is 2. The zero-order valence-electron chi connectivity index (χ0n) is 12.8. The van der Waals surface area contributed by atoms with Crippen molar-refractivity contribution in [1.29, 1.82) is 0 Å². The molecule has 0 N–H and O–H groups in total. The first-order valence-corrected chi connectivity index (χ1v) is 6.94. The molecule has 0 bridgehead atoms. The summed E-state index contributed by atoms with van der Waals surface area (Å²) in [6.07, 6.45) is 4.95. The van der Waals surface area contributed by atoms with Crippen molar-refractivity contribution in [3.63, 3.8) is 0 Å². The summed E-state index contributed by atoms with van der Waals surface area (Å²) in [5.41, 5.74) is 0.849. The third-order valence-electron chi connectivity index (χ3n) is 3.14. The molecule has 0 aliphatic carbocycles. The standard InChI is InChI=1S/C17H15N3O3/c1-21-13-5-3-4-6-14(13)23-15-11-19-16(20-17(15)22-2)12-7-9-18-10-8-12/h3-11H,1-2H3. The van der Waals surface area contributed by atoms with E-state index in [2.05, 4.69) is 15.0 Å². The fraction of sp³-hybridized carbons (Fsp3) is 0.118. The van der Waals surface area contributed by atoms with Gasteiger partial charge < -0.3 is 14.2 Å². The van der Waals surface area contributed by atoms with Gasteiger partial charge in [0.05, 0.1) is 20.4 Å². The van der Waals surface area contributed by atoms with Gasteiger partial charge in [0.25, 0.3) is 5.88 Å². The lowest BCUT2D eigenvalue weighted by Gasteiger charge is -2.12. The highest BCUT2D eigenvalue weighted by atomic mass is 16.5. The Morgan fingerprint density at radius 1 is 0.826 bits per heavy atom. The molecule has 2 aromatic heterocycles. The van der Waals surface area contributed by atoms with Crippen LogP contribution in [0.15, 0.2) is 55.0 Å². The molecule has 116 valence electrons. The van der Waals surface area contributed by atoms with Crippen molar-refractivity contribution in [2.45, 2.75) is 0 Å². The molecule has 0 fully saturated rings. The zero-order valence-corrected chi connectivity index (χ0v) is 12.8. The van der Waals surface area contributed by atoms with Crippen LogP contribution in [0, 0.1) is 0 Å². The van der Waals surface area contributed by atoms with E-state index in [4.69, 9.17) is 14.2 Å². The molecule has 0 radical (unpaired) electrons. The lowest BCUT2D eigenvalue weighted by molar-refractivity contribution is 0.346. The molecule has 0 spiro atoms. The second-order valence-corrected chi connectivity index (χ2v) is 4.56. The molecule has 0 aliphatic rings. The number of pyridine rings is 1. The van der Waals surface area contributed by atoms with Gasteiger partial charge >= 0.3 is 0 Å². The van der Waals surface area contributed by atoms with Gasteiger partial charge in [0.2, 0.25) is 5.75 Å². The Morgan fingerprint density at radius 3 is 2.26 bits per heavy atom. The summed E-state index contributed by atoms with van der Waals surface area (Å²) in [7, 11) is 3.12. The van der Waals surface area contributed by atoms with Crippen LogP contribution >= 0.6 is 0 Å². The Labute approximate surface area is 133 Å². The smallest absolute Gasteiger partial charge is 0.261 e. The lowest BCUT2D eigenvalue weighted by Crippen LogP contribution is -1.98. The van der Waals surface area contributed by atoms with E-state index in [1.165, 1.54) is 7.11 Å². The second kappa shape index (κ2) is 6.74. The zero-order chi connectivity index (χ0) is 16.1. The van der Waals surface area contributed by atoms with Gasteiger partial charge in [-0.2, -0.15) is 4.98 Å². The predicted molar refractivity (Wildman–Crippen MR) is 84.9 cm³/mol. The van der Waals surface area contributed by atoms with Crippen molar-refractivity contribution in [3.8, 4) is 34.5 Å². The number of ether oxygens (including phenoxy) is 3. The van der Waals surface area contributed by atoms with Crippen LogP contribution in [-0.2, 0) is 0 Å². The SMILES string of the molecule is COc1ccccc1Oc1cnc(-c2ccncc2)nc1OC. The van der Waals surface area contributed by atoms with E-state index in [1.807, 2.05) is 30.3 Å². The summed E-state index contributed by atoms with van der Waals surface area (Å²) < 4.78 is 16.4. The Balaban J connectivity index is 1.94. The topological polar surface area (TPSA) is 66.4 Å². The summed E-state index contributed by atoms with van der Waals surface area (Å²) in [5.74, 6) is 2.48. The van der Waals surface area contributed by atoms with Crippen molar-refractivity contribution in [2.24, 2.45) is 0 Å². The third-order valence-corrected chi connectivity index (χ3v) is 3.14. The van der Waals surface area contributed by atoms with E-state index < -0.39 is 0 Å². The Kier molecular flexibility index (Phi) is 4.33. The minimum absolute atomic E-state index is 0.345. The maximum atomic E-state index is 5.83. The third kappa shape index (κ3) is 3.21. The van der Waals surface area contributed by atoms with Gasteiger partial charge in [-0.3, -0.25) is 4.98 Å². The summed E-state index contributed by atoms with van der Waals surface area (Å²) >= 11 is 0. The highest BCUT2D eigenvalue weighted by molar-refractivity contribution is 5.56. The summed E-state index contributed by atoms with van der Waals surface area (Å²) in [6, 6.07) is 11.0. The van der Waals surface area contributed by atoms with Gasteiger partial charge in [-0.25, -0.2) is 4.98 Å². The quantitative estimate of drug-likeness (QED) is 0.720. The number of aromatic nitrogens is 3. The van der Waals surface area contributed by atoms with Crippen molar-refractivity contribution >= 4 is 0 Å². The van der Waals surface area contributed by atoms with Gasteiger partial charge in [-0.1, -0.05) is 12.1 Å². The Hall–Kier alpha value is -3.15. The van der Waals surface area contributed by atoms with E-state index in [-0.39, 0.29) is 0 Å². The second-order valence-electron chi connectivity index (χ2n) is 4.56. The molecule has 23 heavy (non-hydrogen) atoms. The van der Waals surface area contributed by atoms with Gasteiger partial charge in [-0.15, -0.1) is 0 Å². The molecule has 3 aromatic rings. The molecular weight excluding hydrogens is 294 g/mol. The number of para-hydroxylation sites is 2. The fourth-order valence-corrected chi connectivity index (χ4v) is 2.03. The molecule has 0 unspecified atom stereocenters. The van der Waals surface area contributed by atoms with E-state index in [0.29, 0.717) is 29.0 Å². The van der Waals surface area contributed by atoms with Crippen molar-refractivity contribution in [1.82, 2.24) is 15.0 Å². The molecule has 3 rings (SSSR count). The Morgan fingerprint density at radius 2 is 1.57 bits per heavy atom. The predicted octanol–water partition coefficient (Wildman–Crippen LogP) is 3.35. The van der Waals surface area contributed by atoms with Gasteiger partial charge in [0, 0.05) is 18.0 Å². The minimum atomic E-state index is 0.345. The first-order valence-electron chi connectivity index (χ1n) is 6.94. The van der Waals surface area contributed by atoms with Crippen molar-refractivity contribution in [2.75, 3.05) is 14.2 Å². The van der Waals surface area contributed by atoms with Crippen LogP contribution in [-0.4, -0.2) is 29.2 Å². The molecule has 0 aliphatic heterocycles. The van der Waals surface area contributed by atoms with Gasteiger partial charge in [-0.05, 0) is 24.3 Å². The first-order chi connectivity index (χ1) is 11.3. The Bertz CT molecular complexity index is 794. The van der Waals surface area contributed by atoms with Gasteiger partial charge in [0.15, 0.2) is 17.3 Å². The molecule has 2 heterocycles. The van der Waals surface area contributed by atoms with Crippen LogP contribution in [0.2, 0.25) is 0 Å². The maximum Gasteiger partial charge on any atom is 0.261 e. The average Bonchev–Trinajstić information content (AvgIpc) is 2.63. The van der Waals surface area contributed by atoms with Crippen molar-refractivity contribution < 1.29 is 14.2 Å². The number of hydrogen-bond donors (Lipinski definition) is 0. The monoisotopic (exact) mass is 309 g/mol. The summed E-state index contributed by atoms with van der Waals surface area (Å²) in [4.78, 5) is 12.7. The molecule has 0 saturated carbocycles. The van der Waals surface area contributed by atoms with E-state index in [1.54, 1.807) is 31.8 Å². The summed E-state index contributed by atoms with van der Waals surface area (Å²) in [5, 5.41) is 0. The van der Waals surface area contributed by atoms with E-state index in [0.717, 1.165) is 5.56 Å². The largest absolute Gasteiger partial charge is 0.493 e. The molecule has 0 amide bonds. The van der Waals surface area contributed by atoms with Crippen LogP contribution in [0.25, 0.3) is 11.4 Å². The molecule has 6 nitrogen and oxygen atoms in total. The number of rotatable bonds is 5. The summed E-state index contributed by atoms with van der Waals surface area (Å²) in [6.45, 7) is 0. The maximum absolute atomic E-state index is 5.83. The molecule has 0 atom stereocenters. The number of benzene rings is 1.